The van der Waals surface area contributed by atoms with Crippen LogP contribution in [-0.4, -0.2) is 0 Å². The predicted molar refractivity (Wildman–Crippen MR) is 58.9 cm³/mol. The quantitative estimate of drug-likeness (QED) is 0.647. The first kappa shape index (κ1) is 8.89. The fraction of sp³-hybridized carbons (Fsp3) is 0.333. The van der Waals surface area contributed by atoms with Gasteiger partial charge in [-0.05, 0) is 22.5 Å². The van der Waals surface area contributed by atoms with E-state index in [-0.39, 0.29) is 0 Å². The molecule has 0 atom stereocenters. The van der Waals surface area contributed by atoms with Crippen LogP contribution in [0.5, 0.6) is 0 Å². The van der Waals surface area contributed by atoms with E-state index in [2.05, 4.69) is 44.2 Å². The Balaban J connectivity index is 2.23. The van der Waals surface area contributed by atoms with E-state index < -0.39 is 0 Å². The van der Waals surface area contributed by atoms with Crippen molar-refractivity contribution in [1.82, 2.24) is 0 Å². The van der Waals surface area contributed by atoms with Crippen LogP contribution < -0.4 is 0 Å². The zero-order valence-electron chi connectivity index (χ0n) is 8.08. The highest BCUT2D eigenvalue weighted by atomic mass is 32.2. The summed E-state index contributed by atoms with van der Waals surface area (Å²) < 4.78 is 0. The molecular weight excluding hydrogens is 176 g/mol. The molecule has 0 fully saturated rings. The molecule has 0 spiro atoms. The Kier molecular flexibility index (Phi) is 2.45. The molecule has 1 heteroatoms. The Morgan fingerprint density at radius 3 is 2.77 bits per heavy atom. The number of rotatable bonds is 1. The summed E-state index contributed by atoms with van der Waals surface area (Å²) in [5.74, 6) is 0.664. The van der Waals surface area contributed by atoms with Crippen LogP contribution in [0.1, 0.15) is 19.4 Å². The molecule has 1 aliphatic heterocycles. The lowest BCUT2D eigenvalue weighted by Crippen LogP contribution is -1.83. The van der Waals surface area contributed by atoms with Gasteiger partial charge in [-0.2, -0.15) is 0 Å². The number of fused-ring (bicyclic) bond motifs is 1. The van der Waals surface area contributed by atoms with Crippen LogP contribution in [0.4, 0.5) is 0 Å². The molecule has 2 rings (SSSR count). The zero-order valence-corrected chi connectivity index (χ0v) is 8.90. The fourth-order valence-electron chi connectivity index (χ4n) is 1.58. The second kappa shape index (κ2) is 3.59. The lowest BCUT2D eigenvalue weighted by molar-refractivity contribution is 0.825. The second-order valence-corrected chi connectivity index (χ2v) is 4.93. The van der Waals surface area contributed by atoms with Crippen LogP contribution in [-0.2, 0) is 6.42 Å². The average molecular weight is 190 g/mol. The maximum absolute atomic E-state index is 2.37. The lowest BCUT2D eigenvalue weighted by atomic mass is 10.1. The van der Waals surface area contributed by atoms with E-state index in [4.69, 9.17) is 0 Å². The van der Waals surface area contributed by atoms with Crippen molar-refractivity contribution in [3.05, 3.63) is 40.8 Å². The molecule has 0 saturated carbocycles. The first-order valence-corrected chi connectivity index (χ1v) is 5.54. The molecule has 0 amide bonds. The average Bonchev–Trinajstić information content (AvgIpc) is 2.44. The Labute approximate surface area is 84.0 Å². The summed E-state index contributed by atoms with van der Waals surface area (Å²) in [4.78, 5) is 2.95. The Hall–Kier alpha value is -0.690. The van der Waals surface area contributed by atoms with E-state index in [1.165, 1.54) is 15.4 Å². The summed E-state index contributed by atoms with van der Waals surface area (Å²) in [5.41, 5.74) is 1.49. The number of hydrogen-bond acceptors (Lipinski definition) is 1. The topological polar surface area (TPSA) is 0 Å². The summed E-state index contributed by atoms with van der Waals surface area (Å²) >= 11 is 1.93. The van der Waals surface area contributed by atoms with Crippen molar-refractivity contribution in [1.29, 1.82) is 0 Å². The number of hydrogen-bond donors (Lipinski definition) is 0. The number of thioether (sulfide) groups is 1. The van der Waals surface area contributed by atoms with Crippen LogP contribution in [0.25, 0.3) is 0 Å². The fourth-order valence-corrected chi connectivity index (χ4v) is 2.85. The molecule has 0 aromatic heterocycles. The molecule has 0 radical (unpaired) electrons. The van der Waals surface area contributed by atoms with Gasteiger partial charge in [-0.25, -0.2) is 0 Å². The van der Waals surface area contributed by atoms with E-state index in [0.717, 1.165) is 6.42 Å². The number of allylic oxidation sites excluding steroid dienone is 2. The summed E-state index contributed by atoms with van der Waals surface area (Å²) in [5, 5.41) is 0. The van der Waals surface area contributed by atoms with E-state index in [0.29, 0.717) is 5.92 Å². The molecule has 1 aromatic rings. The summed E-state index contributed by atoms with van der Waals surface area (Å²) in [6.45, 7) is 4.47. The minimum absolute atomic E-state index is 0.664. The highest BCUT2D eigenvalue weighted by Crippen LogP contribution is 2.39. The highest BCUT2D eigenvalue weighted by Gasteiger charge is 2.14. The first-order chi connectivity index (χ1) is 6.25. The van der Waals surface area contributed by atoms with Crippen LogP contribution in [0.2, 0.25) is 0 Å². The molecule has 0 saturated heterocycles. The van der Waals surface area contributed by atoms with Gasteiger partial charge in [0.25, 0.3) is 0 Å². The Bertz CT molecular complexity index is 310. The van der Waals surface area contributed by atoms with Crippen molar-refractivity contribution >= 4 is 11.8 Å². The highest BCUT2D eigenvalue weighted by molar-refractivity contribution is 8.03. The Morgan fingerprint density at radius 1 is 1.31 bits per heavy atom. The van der Waals surface area contributed by atoms with E-state index in [9.17, 15) is 0 Å². The third-order valence-electron chi connectivity index (χ3n) is 2.10. The first-order valence-electron chi connectivity index (χ1n) is 4.72. The SMILES string of the molecule is CC(C)/C=C1\Cc2ccccc2S1. The molecule has 0 N–H and O–H groups in total. The molecule has 0 unspecified atom stereocenters. The normalized spacial score (nSPS) is 18.2. The summed E-state index contributed by atoms with van der Waals surface area (Å²) in [6.07, 6.45) is 3.50. The van der Waals surface area contributed by atoms with E-state index in [1.807, 2.05) is 11.8 Å². The summed E-state index contributed by atoms with van der Waals surface area (Å²) in [7, 11) is 0. The molecule has 0 bridgehead atoms. The van der Waals surface area contributed by atoms with Gasteiger partial charge in [-0.15, -0.1) is 0 Å². The van der Waals surface area contributed by atoms with Gasteiger partial charge in [0.05, 0.1) is 0 Å². The van der Waals surface area contributed by atoms with E-state index >= 15 is 0 Å². The molecule has 68 valence electrons. The molecule has 1 aromatic carbocycles. The maximum Gasteiger partial charge on any atom is 0.0154 e. The van der Waals surface area contributed by atoms with Crippen molar-refractivity contribution in [2.45, 2.75) is 25.2 Å². The molecule has 0 nitrogen and oxygen atoms in total. The monoisotopic (exact) mass is 190 g/mol. The number of benzene rings is 1. The van der Waals surface area contributed by atoms with Gasteiger partial charge in [-0.1, -0.05) is 49.9 Å². The van der Waals surface area contributed by atoms with Crippen LogP contribution in [0.3, 0.4) is 0 Å². The minimum Gasteiger partial charge on any atom is -0.0942 e. The predicted octanol–water partition coefficient (Wildman–Crippen LogP) is 3.87. The van der Waals surface area contributed by atoms with Crippen molar-refractivity contribution in [3.63, 3.8) is 0 Å². The molecule has 1 aliphatic rings. The molecule has 1 heterocycles. The van der Waals surface area contributed by atoms with Crippen molar-refractivity contribution < 1.29 is 0 Å². The maximum atomic E-state index is 2.37. The lowest BCUT2D eigenvalue weighted by Gasteiger charge is -1.97. The van der Waals surface area contributed by atoms with Crippen molar-refractivity contribution in [3.8, 4) is 0 Å². The molecule has 13 heavy (non-hydrogen) atoms. The minimum atomic E-state index is 0.664. The third-order valence-corrected chi connectivity index (χ3v) is 3.26. The van der Waals surface area contributed by atoms with Gasteiger partial charge in [-0.3, -0.25) is 0 Å². The van der Waals surface area contributed by atoms with Crippen molar-refractivity contribution in [2.75, 3.05) is 0 Å². The van der Waals surface area contributed by atoms with Crippen LogP contribution in [0.15, 0.2) is 40.1 Å². The summed E-state index contributed by atoms with van der Waals surface area (Å²) in [6, 6.07) is 8.67. The van der Waals surface area contributed by atoms with Gasteiger partial charge in [0.15, 0.2) is 0 Å². The molecule has 0 aliphatic carbocycles. The zero-order chi connectivity index (χ0) is 9.26. The van der Waals surface area contributed by atoms with Gasteiger partial charge in [0.2, 0.25) is 0 Å². The second-order valence-electron chi connectivity index (χ2n) is 3.76. The third kappa shape index (κ3) is 1.97. The van der Waals surface area contributed by atoms with Gasteiger partial charge in [0, 0.05) is 11.3 Å². The standard InChI is InChI=1S/C12H14S/c1-9(2)7-11-8-10-5-3-4-6-12(10)13-11/h3-7,9H,8H2,1-2H3/b11-7+. The van der Waals surface area contributed by atoms with Gasteiger partial charge < -0.3 is 0 Å². The van der Waals surface area contributed by atoms with E-state index in [1.54, 1.807) is 0 Å². The largest absolute Gasteiger partial charge is 0.0942 e. The van der Waals surface area contributed by atoms with Gasteiger partial charge in [0.1, 0.15) is 0 Å². The van der Waals surface area contributed by atoms with Crippen molar-refractivity contribution in [2.24, 2.45) is 5.92 Å². The van der Waals surface area contributed by atoms with Crippen LogP contribution >= 0.6 is 11.8 Å². The van der Waals surface area contributed by atoms with Crippen LogP contribution in [0, 0.1) is 5.92 Å². The van der Waals surface area contributed by atoms with Gasteiger partial charge >= 0.3 is 0 Å². The smallest absolute Gasteiger partial charge is 0.0154 e. The molecular formula is C12H14S. The Morgan fingerprint density at radius 2 is 2.08 bits per heavy atom.